The summed E-state index contributed by atoms with van der Waals surface area (Å²) in [7, 11) is 0. The standard InChI is InChI=1S/C23H16N2O2/c26-22-23(17-9-3-5-11-19(17)24-22)18-10-4-6-12-20(18)25-14-13-15-7-1-2-8-16(15)21(25)27-23/h2-14H,1H2,(H,24,26). The zero-order chi connectivity index (χ0) is 18.0. The first kappa shape index (κ1) is 14.6. The number of rotatable bonds is 0. The van der Waals surface area contributed by atoms with Crippen LogP contribution in [0.4, 0.5) is 11.4 Å². The van der Waals surface area contributed by atoms with E-state index in [1.54, 1.807) is 0 Å². The minimum absolute atomic E-state index is 0.149. The molecule has 4 aliphatic rings. The fourth-order valence-corrected chi connectivity index (χ4v) is 4.37. The molecule has 6 rings (SSSR count). The molecule has 4 nitrogen and oxygen atoms in total. The SMILES string of the molecule is O=C1Nc2ccccc2C12OC1=C3C=CCC=C3C=CN1c1ccccc12. The molecule has 0 saturated carbocycles. The minimum atomic E-state index is -1.17. The van der Waals surface area contributed by atoms with Gasteiger partial charge in [0.2, 0.25) is 11.5 Å². The Hall–Kier alpha value is -3.53. The molecule has 0 fully saturated rings. The van der Waals surface area contributed by atoms with Crippen LogP contribution in [0.1, 0.15) is 17.5 Å². The van der Waals surface area contributed by atoms with Crippen molar-refractivity contribution in [3.8, 4) is 0 Å². The van der Waals surface area contributed by atoms with E-state index >= 15 is 0 Å². The molecule has 1 unspecified atom stereocenters. The normalized spacial score (nSPS) is 23.9. The van der Waals surface area contributed by atoms with Gasteiger partial charge in [-0.3, -0.25) is 9.69 Å². The fourth-order valence-electron chi connectivity index (χ4n) is 4.37. The van der Waals surface area contributed by atoms with Crippen molar-refractivity contribution < 1.29 is 9.53 Å². The highest BCUT2D eigenvalue weighted by atomic mass is 16.5. The molecule has 1 aliphatic carbocycles. The number of nitrogens with one attached hydrogen (secondary N) is 1. The van der Waals surface area contributed by atoms with Gasteiger partial charge in [-0.05, 0) is 30.2 Å². The summed E-state index contributed by atoms with van der Waals surface area (Å²) in [5.41, 5.74) is 4.45. The smallest absolute Gasteiger partial charge is 0.278 e. The highest BCUT2D eigenvalue weighted by Gasteiger charge is 2.56. The van der Waals surface area contributed by atoms with E-state index in [9.17, 15) is 4.79 Å². The number of ether oxygens (including phenoxy) is 1. The first-order valence-corrected chi connectivity index (χ1v) is 9.07. The van der Waals surface area contributed by atoms with E-state index in [0.29, 0.717) is 5.88 Å². The molecule has 1 amide bonds. The molecule has 27 heavy (non-hydrogen) atoms. The summed E-state index contributed by atoms with van der Waals surface area (Å²) in [6, 6.07) is 15.7. The lowest BCUT2D eigenvalue weighted by molar-refractivity contribution is -0.132. The second-order valence-corrected chi connectivity index (χ2v) is 7.00. The maximum atomic E-state index is 13.3. The molecule has 3 heterocycles. The Morgan fingerprint density at radius 2 is 1.81 bits per heavy atom. The van der Waals surface area contributed by atoms with Gasteiger partial charge in [0, 0.05) is 28.6 Å². The average molecular weight is 352 g/mol. The first-order valence-electron chi connectivity index (χ1n) is 9.07. The molecular weight excluding hydrogens is 336 g/mol. The molecule has 0 radical (unpaired) electrons. The Balaban J connectivity index is 1.69. The van der Waals surface area contributed by atoms with Crippen molar-refractivity contribution in [3.63, 3.8) is 0 Å². The van der Waals surface area contributed by atoms with E-state index < -0.39 is 5.60 Å². The summed E-state index contributed by atoms with van der Waals surface area (Å²) in [5.74, 6) is 0.550. The number of benzene rings is 2. The summed E-state index contributed by atoms with van der Waals surface area (Å²) in [4.78, 5) is 15.3. The van der Waals surface area contributed by atoms with Crippen LogP contribution in [-0.4, -0.2) is 5.91 Å². The van der Waals surface area contributed by atoms with Gasteiger partial charge in [0.15, 0.2) is 0 Å². The summed E-state index contributed by atoms with van der Waals surface area (Å²) in [5, 5.41) is 3.01. The van der Waals surface area contributed by atoms with Crippen molar-refractivity contribution in [1.82, 2.24) is 0 Å². The third-order valence-electron chi connectivity index (χ3n) is 5.59. The van der Waals surface area contributed by atoms with Gasteiger partial charge in [-0.2, -0.15) is 0 Å². The number of amides is 1. The molecule has 0 bridgehead atoms. The van der Waals surface area contributed by atoms with Gasteiger partial charge in [-0.15, -0.1) is 0 Å². The van der Waals surface area contributed by atoms with Crippen molar-refractivity contribution in [2.75, 3.05) is 10.2 Å². The summed E-state index contributed by atoms with van der Waals surface area (Å²) in [6.07, 6.45) is 11.4. The van der Waals surface area contributed by atoms with Gasteiger partial charge in [0.25, 0.3) is 5.91 Å². The van der Waals surface area contributed by atoms with Crippen LogP contribution >= 0.6 is 0 Å². The largest absolute Gasteiger partial charge is 0.451 e. The molecule has 130 valence electrons. The lowest BCUT2D eigenvalue weighted by Gasteiger charge is -2.43. The lowest BCUT2D eigenvalue weighted by Crippen LogP contribution is -2.46. The Bertz CT molecular complexity index is 1140. The zero-order valence-corrected chi connectivity index (χ0v) is 14.5. The topological polar surface area (TPSA) is 41.6 Å². The third-order valence-corrected chi connectivity index (χ3v) is 5.59. The number of carbonyl (C=O) groups is 1. The van der Waals surface area contributed by atoms with Crippen LogP contribution in [-0.2, 0) is 15.1 Å². The maximum Gasteiger partial charge on any atom is 0.278 e. The number of carbonyl (C=O) groups excluding carboxylic acids is 1. The molecule has 0 aromatic heterocycles. The third kappa shape index (κ3) is 1.74. The molecule has 0 saturated heterocycles. The van der Waals surface area contributed by atoms with Crippen molar-refractivity contribution in [2.24, 2.45) is 0 Å². The number of anilines is 2. The van der Waals surface area contributed by atoms with Crippen LogP contribution in [0.5, 0.6) is 0 Å². The van der Waals surface area contributed by atoms with E-state index in [0.717, 1.165) is 40.1 Å². The first-order chi connectivity index (χ1) is 13.3. The molecular formula is C23H16N2O2. The zero-order valence-electron chi connectivity index (χ0n) is 14.5. The summed E-state index contributed by atoms with van der Waals surface area (Å²) >= 11 is 0. The van der Waals surface area contributed by atoms with Crippen LogP contribution in [0.3, 0.4) is 0 Å². The van der Waals surface area contributed by atoms with Gasteiger partial charge in [0.05, 0.1) is 5.69 Å². The van der Waals surface area contributed by atoms with Gasteiger partial charge in [0.1, 0.15) is 0 Å². The number of fused-ring (bicyclic) bond motifs is 7. The van der Waals surface area contributed by atoms with Gasteiger partial charge in [-0.25, -0.2) is 0 Å². The highest BCUT2D eigenvalue weighted by Crippen LogP contribution is 2.53. The van der Waals surface area contributed by atoms with Crippen molar-refractivity contribution in [2.45, 2.75) is 12.0 Å². The van der Waals surface area contributed by atoms with E-state index in [1.807, 2.05) is 59.6 Å². The van der Waals surface area contributed by atoms with Crippen LogP contribution in [0.15, 0.2) is 96.1 Å². The Morgan fingerprint density at radius 3 is 2.74 bits per heavy atom. The number of hydrogen-bond acceptors (Lipinski definition) is 3. The van der Waals surface area contributed by atoms with Gasteiger partial charge >= 0.3 is 0 Å². The summed E-state index contributed by atoms with van der Waals surface area (Å²) in [6.45, 7) is 0. The van der Waals surface area contributed by atoms with E-state index in [4.69, 9.17) is 4.74 Å². The lowest BCUT2D eigenvalue weighted by atomic mass is 9.83. The number of nitrogens with zero attached hydrogens (tertiary/aromatic N) is 1. The van der Waals surface area contributed by atoms with E-state index in [2.05, 4.69) is 29.6 Å². The second-order valence-electron chi connectivity index (χ2n) is 7.00. The van der Waals surface area contributed by atoms with E-state index in [1.165, 1.54) is 0 Å². The number of hydrogen-bond donors (Lipinski definition) is 1. The monoisotopic (exact) mass is 352 g/mol. The predicted molar refractivity (Wildman–Crippen MR) is 104 cm³/mol. The van der Waals surface area contributed by atoms with Crippen LogP contribution in [0, 0.1) is 0 Å². The average Bonchev–Trinajstić information content (AvgIpc) is 3.00. The van der Waals surface area contributed by atoms with Crippen molar-refractivity contribution in [3.05, 3.63) is 107 Å². The van der Waals surface area contributed by atoms with Crippen molar-refractivity contribution >= 4 is 17.3 Å². The fraction of sp³-hybridized carbons (Fsp3) is 0.0870. The van der Waals surface area contributed by atoms with Crippen LogP contribution < -0.4 is 10.2 Å². The predicted octanol–water partition coefficient (Wildman–Crippen LogP) is 4.34. The Morgan fingerprint density at radius 1 is 1.00 bits per heavy atom. The van der Waals surface area contributed by atoms with Crippen molar-refractivity contribution in [1.29, 1.82) is 0 Å². The highest BCUT2D eigenvalue weighted by molar-refractivity contribution is 6.09. The molecule has 1 atom stereocenters. The molecule has 1 spiro atoms. The summed E-state index contributed by atoms with van der Waals surface area (Å²) < 4.78 is 6.62. The Kier molecular flexibility index (Phi) is 2.71. The van der Waals surface area contributed by atoms with Crippen LogP contribution in [0.2, 0.25) is 0 Å². The van der Waals surface area contributed by atoms with Crippen LogP contribution in [0.25, 0.3) is 0 Å². The van der Waals surface area contributed by atoms with E-state index in [-0.39, 0.29) is 5.91 Å². The number of allylic oxidation sites excluding steroid dienone is 6. The quantitative estimate of drug-likeness (QED) is 0.767. The molecule has 1 N–H and O–H groups in total. The number of para-hydroxylation sites is 2. The molecule has 4 heteroatoms. The maximum absolute atomic E-state index is 13.3. The Labute approximate surface area is 156 Å². The van der Waals surface area contributed by atoms with Gasteiger partial charge in [-0.1, -0.05) is 54.6 Å². The minimum Gasteiger partial charge on any atom is -0.451 e. The molecule has 2 aromatic carbocycles. The molecule has 3 aliphatic heterocycles. The second kappa shape index (κ2) is 5.01. The molecule has 2 aromatic rings. The van der Waals surface area contributed by atoms with Gasteiger partial charge < -0.3 is 10.1 Å².